The zero-order valence-corrected chi connectivity index (χ0v) is 13.6. The van der Waals surface area contributed by atoms with Gasteiger partial charge in [0.15, 0.2) is 0 Å². The topological polar surface area (TPSA) is 55.1 Å². The molecule has 0 unspecified atom stereocenters. The summed E-state index contributed by atoms with van der Waals surface area (Å²) in [6.45, 7) is 6.32. The minimum atomic E-state index is -0.827. The van der Waals surface area contributed by atoms with E-state index < -0.39 is 5.97 Å². The predicted octanol–water partition coefficient (Wildman–Crippen LogP) is 4.22. The fraction of sp³-hybridized carbons (Fsp3) is 0.263. The van der Waals surface area contributed by atoms with Crippen LogP contribution in [0.4, 0.5) is 0 Å². The maximum atomic E-state index is 10.9. The summed E-state index contributed by atoms with van der Waals surface area (Å²) in [7, 11) is 0. The molecule has 1 aromatic heterocycles. The fourth-order valence-corrected chi connectivity index (χ4v) is 2.86. The second-order valence-electron chi connectivity index (χ2n) is 6.16. The molecule has 1 N–H and O–H groups in total. The van der Waals surface area contributed by atoms with Gasteiger partial charge < -0.3 is 9.67 Å². The van der Waals surface area contributed by atoms with Crippen LogP contribution in [-0.4, -0.2) is 20.6 Å². The Bertz CT molecular complexity index is 861. The van der Waals surface area contributed by atoms with Crippen molar-refractivity contribution in [2.45, 2.75) is 33.2 Å². The maximum absolute atomic E-state index is 10.9. The summed E-state index contributed by atoms with van der Waals surface area (Å²) < 4.78 is 2.20. The van der Waals surface area contributed by atoms with Gasteiger partial charge in [0.1, 0.15) is 5.82 Å². The van der Waals surface area contributed by atoms with Crippen LogP contribution in [0, 0.1) is 6.92 Å². The van der Waals surface area contributed by atoms with Crippen LogP contribution in [0.2, 0.25) is 0 Å². The molecule has 0 fully saturated rings. The molecule has 0 atom stereocenters. The first-order chi connectivity index (χ1) is 11.0. The van der Waals surface area contributed by atoms with Crippen molar-refractivity contribution in [3.05, 3.63) is 53.6 Å². The number of rotatable bonds is 4. The van der Waals surface area contributed by atoms with Gasteiger partial charge in [0.05, 0.1) is 17.5 Å². The third-order valence-electron chi connectivity index (χ3n) is 3.94. The summed E-state index contributed by atoms with van der Waals surface area (Å²) in [6, 6.07) is 14.3. The third kappa shape index (κ3) is 2.97. The van der Waals surface area contributed by atoms with Gasteiger partial charge in [-0.05, 0) is 38.5 Å². The van der Waals surface area contributed by atoms with E-state index in [1.807, 2.05) is 18.2 Å². The Balaban J connectivity index is 2.18. The smallest absolute Gasteiger partial charge is 0.307 e. The number of aromatic nitrogens is 2. The van der Waals surface area contributed by atoms with Crippen molar-refractivity contribution in [3.8, 4) is 11.4 Å². The molecule has 3 rings (SSSR count). The number of carbonyl (C=O) groups is 1. The number of hydrogen-bond acceptors (Lipinski definition) is 2. The van der Waals surface area contributed by atoms with Crippen LogP contribution < -0.4 is 0 Å². The summed E-state index contributed by atoms with van der Waals surface area (Å²) in [5.74, 6) is 0.0916. The number of nitrogens with zero attached hydrogens (tertiary/aromatic N) is 2. The van der Waals surface area contributed by atoms with E-state index in [-0.39, 0.29) is 12.5 Å². The van der Waals surface area contributed by atoms with Crippen molar-refractivity contribution in [1.29, 1.82) is 0 Å². The molecule has 0 aliphatic heterocycles. The first-order valence-corrected chi connectivity index (χ1v) is 7.75. The highest BCUT2D eigenvalue weighted by atomic mass is 16.4. The summed E-state index contributed by atoms with van der Waals surface area (Å²) in [5, 5.41) is 8.97. The van der Waals surface area contributed by atoms with E-state index in [0.717, 1.165) is 28.0 Å². The van der Waals surface area contributed by atoms with E-state index in [2.05, 4.69) is 49.6 Å². The Labute approximate surface area is 135 Å². The van der Waals surface area contributed by atoms with Crippen LogP contribution in [0.25, 0.3) is 22.4 Å². The van der Waals surface area contributed by atoms with Crippen LogP contribution in [0.1, 0.15) is 31.0 Å². The van der Waals surface area contributed by atoms with Crippen LogP contribution in [0.15, 0.2) is 42.5 Å². The van der Waals surface area contributed by atoms with Gasteiger partial charge in [-0.25, -0.2) is 4.98 Å². The van der Waals surface area contributed by atoms with E-state index in [1.165, 1.54) is 5.56 Å². The normalized spacial score (nSPS) is 11.3. The Morgan fingerprint density at radius 1 is 1.17 bits per heavy atom. The zero-order chi connectivity index (χ0) is 16.6. The van der Waals surface area contributed by atoms with Crippen LogP contribution in [0.5, 0.6) is 0 Å². The predicted molar refractivity (Wildman–Crippen MR) is 91.6 cm³/mol. The number of imidazole rings is 1. The lowest BCUT2D eigenvalue weighted by molar-refractivity contribution is -0.136. The van der Waals surface area contributed by atoms with E-state index in [1.54, 1.807) is 0 Å². The first kappa shape index (κ1) is 15.3. The molecular formula is C19H20N2O2. The largest absolute Gasteiger partial charge is 0.481 e. The van der Waals surface area contributed by atoms with Gasteiger partial charge in [0.2, 0.25) is 0 Å². The van der Waals surface area contributed by atoms with Crippen LogP contribution in [-0.2, 0) is 11.2 Å². The summed E-state index contributed by atoms with van der Waals surface area (Å²) in [4.78, 5) is 15.7. The van der Waals surface area contributed by atoms with E-state index >= 15 is 0 Å². The SMILES string of the molecule is Cc1ccc(-c2nc3cc(CC(=O)O)ccc3n2C(C)C)cc1. The van der Waals surface area contributed by atoms with Gasteiger partial charge in [-0.2, -0.15) is 0 Å². The Hall–Kier alpha value is -2.62. The van der Waals surface area contributed by atoms with Gasteiger partial charge in [-0.3, -0.25) is 4.79 Å². The van der Waals surface area contributed by atoms with Crippen molar-refractivity contribution < 1.29 is 9.90 Å². The molecule has 4 nitrogen and oxygen atoms in total. The number of carboxylic acid groups (broad SMARTS) is 1. The van der Waals surface area contributed by atoms with Crippen molar-refractivity contribution >= 4 is 17.0 Å². The van der Waals surface area contributed by atoms with Crippen molar-refractivity contribution in [2.75, 3.05) is 0 Å². The lowest BCUT2D eigenvalue weighted by Crippen LogP contribution is -2.03. The van der Waals surface area contributed by atoms with Crippen LogP contribution >= 0.6 is 0 Å². The Morgan fingerprint density at radius 3 is 2.48 bits per heavy atom. The Kier molecular flexibility index (Phi) is 3.90. The molecule has 4 heteroatoms. The number of hydrogen-bond donors (Lipinski definition) is 1. The van der Waals surface area contributed by atoms with E-state index in [4.69, 9.17) is 10.1 Å². The number of aliphatic carboxylic acids is 1. The average Bonchev–Trinajstić information content (AvgIpc) is 2.86. The molecule has 118 valence electrons. The highest BCUT2D eigenvalue weighted by molar-refractivity contribution is 5.83. The van der Waals surface area contributed by atoms with Gasteiger partial charge in [-0.15, -0.1) is 0 Å². The minimum Gasteiger partial charge on any atom is -0.481 e. The fourth-order valence-electron chi connectivity index (χ4n) is 2.86. The monoisotopic (exact) mass is 308 g/mol. The van der Waals surface area contributed by atoms with Gasteiger partial charge >= 0.3 is 5.97 Å². The second-order valence-corrected chi connectivity index (χ2v) is 6.16. The molecule has 2 aromatic carbocycles. The molecule has 0 aliphatic rings. The second kappa shape index (κ2) is 5.88. The minimum absolute atomic E-state index is 0.0182. The highest BCUT2D eigenvalue weighted by Gasteiger charge is 2.15. The lowest BCUT2D eigenvalue weighted by Gasteiger charge is -2.13. The van der Waals surface area contributed by atoms with E-state index in [0.29, 0.717) is 0 Å². The maximum Gasteiger partial charge on any atom is 0.307 e. The molecule has 0 spiro atoms. The van der Waals surface area contributed by atoms with Crippen molar-refractivity contribution in [2.24, 2.45) is 0 Å². The molecular weight excluding hydrogens is 288 g/mol. The zero-order valence-electron chi connectivity index (χ0n) is 13.6. The molecule has 0 aliphatic carbocycles. The van der Waals surface area contributed by atoms with Gasteiger partial charge in [-0.1, -0.05) is 35.9 Å². The lowest BCUT2D eigenvalue weighted by atomic mass is 10.1. The van der Waals surface area contributed by atoms with E-state index in [9.17, 15) is 4.79 Å². The third-order valence-corrected chi connectivity index (χ3v) is 3.94. The number of benzene rings is 2. The number of aryl methyl sites for hydroxylation is 1. The van der Waals surface area contributed by atoms with Crippen molar-refractivity contribution in [3.63, 3.8) is 0 Å². The van der Waals surface area contributed by atoms with Gasteiger partial charge in [0.25, 0.3) is 0 Å². The molecule has 0 radical (unpaired) electrons. The quantitative estimate of drug-likeness (QED) is 0.785. The standard InChI is InChI=1S/C19H20N2O2/c1-12(2)21-17-9-6-14(11-18(22)23)10-16(17)20-19(21)15-7-4-13(3)5-8-15/h4-10,12H,11H2,1-3H3,(H,22,23). The number of carboxylic acids is 1. The first-order valence-electron chi connectivity index (χ1n) is 7.75. The summed E-state index contributed by atoms with van der Waals surface area (Å²) in [6.07, 6.45) is 0.0182. The number of fused-ring (bicyclic) bond motifs is 1. The van der Waals surface area contributed by atoms with Crippen molar-refractivity contribution in [1.82, 2.24) is 9.55 Å². The molecule has 0 amide bonds. The molecule has 23 heavy (non-hydrogen) atoms. The molecule has 3 aromatic rings. The molecule has 1 heterocycles. The molecule has 0 saturated heterocycles. The summed E-state index contributed by atoms with van der Waals surface area (Å²) in [5.41, 5.74) is 4.93. The average molecular weight is 308 g/mol. The Morgan fingerprint density at radius 2 is 1.87 bits per heavy atom. The molecule has 0 bridgehead atoms. The van der Waals surface area contributed by atoms with Crippen LogP contribution in [0.3, 0.4) is 0 Å². The van der Waals surface area contributed by atoms with Gasteiger partial charge in [0, 0.05) is 11.6 Å². The molecule has 0 saturated carbocycles. The summed E-state index contributed by atoms with van der Waals surface area (Å²) >= 11 is 0. The highest BCUT2D eigenvalue weighted by Crippen LogP contribution is 2.29.